The molecule has 5 nitrogen and oxygen atoms in total. The van der Waals surface area contributed by atoms with Gasteiger partial charge in [-0.1, -0.05) is 13.8 Å². The van der Waals surface area contributed by atoms with Gasteiger partial charge in [-0.2, -0.15) is 4.98 Å². The van der Waals surface area contributed by atoms with Gasteiger partial charge in [-0.25, -0.2) is 13.6 Å². The third kappa shape index (κ3) is 2.06. The van der Waals surface area contributed by atoms with Crippen LogP contribution in [0.3, 0.4) is 0 Å². The van der Waals surface area contributed by atoms with E-state index in [9.17, 15) is 13.6 Å². The predicted molar refractivity (Wildman–Crippen MR) is 72.8 cm³/mol. The van der Waals surface area contributed by atoms with Crippen molar-refractivity contribution in [1.29, 1.82) is 0 Å². The summed E-state index contributed by atoms with van der Waals surface area (Å²) < 4.78 is 35.1. The van der Waals surface area contributed by atoms with Gasteiger partial charge in [0.2, 0.25) is 0 Å². The molecule has 0 bridgehead atoms. The van der Waals surface area contributed by atoms with Crippen LogP contribution in [0, 0.1) is 17.7 Å². The maximum atomic E-state index is 14.7. The molecule has 0 aromatic carbocycles. The zero-order chi connectivity index (χ0) is 15.4. The second kappa shape index (κ2) is 4.76. The number of ether oxygens (including phenoxy) is 1. The van der Waals surface area contributed by atoms with Crippen molar-refractivity contribution in [2.45, 2.75) is 51.1 Å². The molecule has 0 radical (unpaired) electrons. The number of nitrogens with zero attached hydrogens (tertiary/aromatic N) is 2. The van der Waals surface area contributed by atoms with Crippen LogP contribution in [0.2, 0.25) is 0 Å². The zero-order valence-corrected chi connectivity index (χ0v) is 12.1. The molecule has 116 valence electrons. The molecule has 1 saturated carbocycles. The Morgan fingerprint density at radius 3 is 2.81 bits per heavy atom. The minimum Gasteiger partial charge on any atom is -0.381 e. The van der Waals surface area contributed by atoms with Crippen molar-refractivity contribution >= 4 is 5.82 Å². The van der Waals surface area contributed by atoms with Crippen molar-refractivity contribution in [3.05, 3.63) is 22.5 Å². The molecule has 1 aromatic heterocycles. The highest BCUT2D eigenvalue weighted by Crippen LogP contribution is 2.56. The minimum atomic E-state index is -1.38. The van der Waals surface area contributed by atoms with Gasteiger partial charge in [-0.3, -0.25) is 4.57 Å². The molecule has 2 heterocycles. The molecular weight excluding hydrogens is 280 g/mol. The fourth-order valence-corrected chi connectivity index (χ4v) is 3.50. The monoisotopic (exact) mass is 299 g/mol. The normalized spacial score (nSPS) is 36.1. The van der Waals surface area contributed by atoms with Gasteiger partial charge in [0, 0.05) is 5.92 Å². The molecule has 1 aliphatic carbocycles. The van der Waals surface area contributed by atoms with E-state index < -0.39 is 35.3 Å². The average molecular weight is 299 g/mol. The van der Waals surface area contributed by atoms with Crippen LogP contribution in [0.25, 0.3) is 0 Å². The molecule has 0 amide bonds. The molecule has 2 fully saturated rings. The molecule has 0 spiro atoms. The Hall–Kier alpha value is -1.50. The number of alkyl halides is 1. The lowest BCUT2D eigenvalue weighted by Gasteiger charge is -2.32. The summed E-state index contributed by atoms with van der Waals surface area (Å²) in [4.78, 5) is 15.2. The minimum absolute atomic E-state index is 0.308. The van der Waals surface area contributed by atoms with Crippen molar-refractivity contribution in [3.8, 4) is 0 Å². The number of aromatic nitrogens is 2. The largest absolute Gasteiger partial charge is 0.381 e. The number of anilines is 1. The van der Waals surface area contributed by atoms with E-state index in [1.165, 1.54) is 0 Å². The molecule has 1 aromatic rings. The second-order valence-electron chi connectivity index (χ2n) is 5.99. The Morgan fingerprint density at radius 1 is 1.57 bits per heavy atom. The SMILES string of the molecule is CC[C@@]1(C2CC2)O[C@@H](n2cc(F)c(N)nc2=O)[C@@H](F)[C@@H]1C. The fraction of sp³-hybridized carbons (Fsp3) is 0.714. The van der Waals surface area contributed by atoms with Gasteiger partial charge >= 0.3 is 5.69 Å². The number of hydrogen-bond acceptors (Lipinski definition) is 4. The Labute approximate surface area is 121 Å². The topological polar surface area (TPSA) is 70.1 Å². The van der Waals surface area contributed by atoms with Crippen LogP contribution < -0.4 is 11.4 Å². The highest BCUT2D eigenvalue weighted by molar-refractivity contribution is 5.26. The van der Waals surface area contributed by atoms with Gasteiger partial charge in [-0.05, 0) is 25.2 Å². The molecule has 4 atom stereocenters. The van der Waals surface area contributed by atoms with E-state index in [2.05, 4.69) is 4.98 Å². The van der Waals surface area contributed by atoms with Crippen molar-refractivity contribution in [1.82, 2.24) is 9.55 Å². The number of nitrogen functional groups attached to an aromatic ring is 1. The molecule has 1 saturated heterocycles. The van der Waals surface area contributed by atoms with Crippen molar-refractivity contribution in [2.24, 2.45) is 11.8 Å². The number of nitrogens with two attached hydrogens (primary N) is 1. The summed E-state index contributed by atoms with van der Waals surface area (Å²) in [5, 5.41) is 0. The lowest BCUT2D eigenvalue weighted by molar-refractivity contribution is -0.105. The van der Waals surface area contributed by atoms with Gasteiger partial charge in [0.15, 0.2) is 24.0 Å². The molecule has 21 heavy (non-hydrogen) atoms. The fourth-order valence-electron chi connectivity index (χ4n) is 3.50. The van der Waals surface area contributed by atoms with Gasteiger partial charge in [-0.15, -0.1) is 0 Å². The average Bonchev–Trinajstić information content (AvgIpc) is 3.25. The van der Waals surface area contributed by atoms with Gasteiger partial charge in [0.05, 0.1) is 11.8 Å². The summed E-state index contributed by atoms with van der Waals surface area (Å²) in [5.74, 6) is -1.38. The van der Waals surface area contributed by atoms with Crippen molar-refractivity contribution in [3.63, 3.8) is 0 Å². The molecule has 2 aliphatic rings. The summed E-state index contributed by atoms with van der Waals surface area (Å²) >= 11 is 0. The smallest absolute Gasteiger partial charge is 0.351 e. The summed E-state index contributed by atoms with van der Waals surface area (Å²) in [5.41, 5.74) is 3.88. The van der Waals surface area contributed by atoms with E-state index in [1.807, 2.05) is 6.92 Å². The lowest BCUT2D eigenvalue weighted by atomic mass is 9.81. The van der Waals surface area contributed by atoms with E-state index in [0.29, 0.717) is 12.3 Å². The van der Waals surface area contributed by atoms with Crippen LogP contribution in [0.5, 0.6) is 0 Å². The van der Waals surface area contributed by atoms with Crippen LogP contribution in [-0.4, -0.2) is 21.3 Å². The molecule has 1 aliphatic heterocycles. The summed E-state index contributed by atoms with van der Waals surface area (Å²) in [6, 6.07) is 0. The Kier molecular flexibility index (Phi) is 3.27. The quantitative estimate of drug-likeness (QED) is 0.927. The van der Waals surface area contributed by atoms with Crippen LogP contribution in [-0.2, 0) is 4.74 Å². The first-order valence-electron chi connectivity index (χ1n) is 7.26. The maximum absolute atomic E-state index is 14.7. The number of rotatable bonds is 3. The van der Waals surface area contributed by atoms with E-state index in [1.54, 1.807) is 6.92 Å². The van der Waals surface area contributed by atoms with Gasteiger partial charge < -0.3 is 10.5 Å². The van der Waals surface area contributed by atoms with Crippen LogP contribution in [0.1, 0.15) is 39.3 Å². The van der Waals surface area contributed by atoms with Gasteiger partial charge in [0.1, 0.15) is 0 Å². The first kappa shape index (κ1) is 14.4. The Bertz CT molecular complexity index is 617. The first-order chi connectivity index (χ1) is 9.90. The molecule has 3 rings (SSSR count). The lowest BCUT2D eigenvalue weighted by Crippen LogP contribution is -2.37. The van der Waals surface area contributed by atoms with Crippen molar-refractivity contribution < 1.29 is 13.5 Å². The number of hydrogen-bond donors (Lipinski definition) is 1. The number of halogens is 2. The van der Waals surface area contributed by atoms with Gasteiger partial charge in [0.25, 0.3) is 0 Å². The van der Waals surface area contributed by atoms with Crippen LogP contribution in [0.15, 0.2) is 11.0 Å². The molecule has 2 N–H and O–H groups in total. The standard InChI is InChI=1S/C14H19F2N3O2/c1-3-14(8-4-5-8)7(2)10(16)12(21-14)19-6-9(15)11(17)18-13(19)20/h6-8,10,12H,3-5H2,1-2H3,(H2,17,18,20)/t7-,10-,12+,14+/m0/s1. The van der Waals surface area contributed by atoms with E-state index in [4.69, 9.17) is 10.5 Å². The predicted octanol–water partition coefficient (Wildman–Crippen LogP) is 2.03. The zero-order valence-electron chi connectivity index (χ0n) is 12.1. The summed E-state index contributed by atoms with van der Waals surface area (Å²) in [7, 11) is 0. The molecule has 0 unspecified atom stereocenters. The highest BCUT2D eigenvalue weighted by atomic mass is 19.1. The van der Waals surface area contributed by atoms with Crippen LogP contribution >= 0.6 is 0 Å². The summed E-state index contributed by atoms with van der Waals surface area (Å²) in [6.07, 6.45) is 1.02. The van der Waals surface area contributed by atoms with Crippen LogP contribution in [0.4, 0.5) is 14.6 Å². The first-order valence-corrected chi connectivity index (χ1v) is 7.26. The second-order valence-corrected chi connectivity index (χ2v) is 5.99. The van der Waals surface area contributed by atoms with Crippen molar-refractivity contribution in [2.75, 3.05) is 5.73 Å². The molecule has 7 heteroatoms. The Balaban J connectivity index is 2.00. The van der Waals surface area contributed by atoms with E-state index in [-0.39, 0.29) is 5.92 Å². The third-order valence-corrected chi connectivity index (χ3v) is 4.89. The summed E-state index contributed by atoms with van der Waals surface area (Å²) in [6.45, 7) is 3.74. The van der Waals surface area contributed by atoms with E-state index in [0.717, 1.165) is 23.6 Å². The third-order valence-electron chi connectivity index (χ3n) is 4.89. The Morgan fingerprint density at radius 2 is 2.24 bits per heavy atom. The molecular formula is C14H19F2N3O2. The highest BCUT2D eigenvalue weighted by Gasteiger charge is 2.59. The maximum Gasteiger partial charge on any atom is 0.351 e. The van der Waals surface area contributed by atoms with E-state index >= 15 is 0 Å².